The highest BCUT2D eigenvalue weighted by atomic mass is 35.5. The zero-order chi connectivity index (χ0) is 18.1. The van der Waals surface area contributed by atoms with Crippen LogP contribution in [-0.2, 0) is 16.0 Å². The number of benzene rings is 1. The van der Waals surface area contributed by atoms with Crippen LogP contribution in [0, 0.1) is 5.92 Å². The highest BCUT2D eigenvalue weighted by molar-refractivity contribution is 5.88. The average Bonchev–Trinajstić information content (AvgIpc) is 2.51. The Morgan fingerprint density at radius 1 is 1.08 bits per heavy atom. The first-order valence-electron chi connectivity index (χ1n) is 8.58. The molecule has 0 radical (unpaired) electrons. The third kappa shape index (κ3) is 8.89. The van der Waals surface area contributed by atoms with Crippen LogP contribution >= 0.6 is 12.4 Å². The van der Waals surface area contributed by atoms with Crippen LogP contribution in [0.1, 0.15) is 37.8 Å². The quantitative estimate of drug-likeness (QED) is 0.701. The van der Waals surface area contributed by atoms with Crippen molar-refractivity contribution in [2.24, 2.45) is 5.92 Å². The Balaban J connectivity index is 0.00000576. The van der Waals surface area contributed by atoms with Crippen molar-refractivity contribution in [3.05, 3.63) is 35.4 Å². The Morgan fingerprint density at radius 3 is 2.32 bits per heavy atom. The zero-order valence-electron chi connectivity index (χ0n) is 16.0. The van der Waals surface area contributed by atoms with E-state index in [2.05, 4.69) is 30.5 Å². The molecule has 0 aliphatic carbocycles. The zero-order valence-corrected chi connectivity index (χ0v) is 16.8. The van der Waals surface area contributed by atoms with Gasteiger partial charge >= 0.3 is 0 Å². The maximum absolute atomic E-state index is 12.4. The fourth-order valence-corrected chi connectivity index (χ4v) is 2.53. The van der Waals surface area contributed by atoms with Crippen molar-refractivity contribution >= 4 is 24.2 Å². The van der Waals surface area contributed by atoms with Gasteiger partial charge in [-0.2, -0.15) is 0 Å². The molecule has 1 atom stereocenters. The predicted molar refractivity (Wildman–Crippen MR) is 105 cm³/mol. The van der Waals surface area contributed by atoms with Gasteiger partial charge in [-0.15, -0.1) is 12.4 Å². The summed E-state index contributed by atoms with van der Waals surface area (Å²) in [7, 11) is 3.90. The summed E-state index contributed by atoms with van der Waals surface area (Å²) in [6.07, 6.45) is 0.943. The molecule has 142 valence electrons. The maximum Gasteiger partial charge on any atom is 0.239 e. The van der Waals surface area contributed by atoms with Crippen LogP contribution in [0.4, 0.5) is 0 Å². The molecular weight excluding hydrogens is 338 g/mol. The van der Waals surface area contributed by atoms with Gasteiger partial charge in [-0.25, -0.2) is 0 Å². The minimum atomic E-state index is -0.269. The second-order valence-electron chi connectivity index (χ2n) is 6.89. The lowest BCUT2D eigenvalue weighted by Gasteiger charge is -2.17. The van der Waals surface area contributed by atoms with Crippen LogP contribution in [0.5, 0.6) is 0 Å². The number of nitrogens with one attached hydrogen (secondary N) is 2. The SMILES string of the molecule is CC(C)Cc1ccccc1C(C)C(=O)NCC(=O)NCCN(C)C.Cl. The van der Waals surface area contributed by atoms with Gasteiger partial charge in [0.25, 0.3) is 0 Å². The summed E-state index contributed by atoms with van der Waals surface area (Å²) in [5.41, 5.74) is 2.24. The molecule has 1 rings (SSSR count). The van der Waals surface area contributed by atoms with Crippen molar-refractivity contribution in [1.82, 2.24) is 15.5 Å². The molecule has 0 heterocycles. The van der Waals surface area contributed by atoms with Crippen molar-refractivity contribution in [1.29, 1.82) is 0 Å². The number of carbonyl (C=O) groups is 2. The number of nitrogens with zero attached hydrogens (tertiary/aromatic N) is 1. The van der Waals surface area contributed by atoms with Crippen molar-refractivity contribution in [3.63, 3.8) is 0 Å². The molecule has 0 spiro atoms. The Morgan fingerprint density at radius 2 is 1.72 bits per heavy atom. The molecule has 25 heavy (non-hydrogen) atoms. The molecule has 5 nitrogen and oxygen atoms in total. The summed E-state index contributed by atoms with van der Waals surface area (Å²) in [5, 5.41) is 5.52. The monoisotopic (exact) mass is 369 g/mol. The van der Waals surface area contributed by atoms with Gasteiger partial charge < -0.3 is 15.5 Å². The van der Waals surface area contributed by atoms with E-state index < -0.39 is 0 Å². The molecule has 1 unspecified atom stereocenters. The Hall–Kier alpha value is -1.59. The fraction of sp³-hybridized carbons (Fsp3) is 0.579. The molecule has 0 aromatic heterocycles. The lowest BCUT2D eigenvalue weighted by atomic mass is 9.90. The first-order chi connectivity index (χ1) is 11.3. The topological polar surface area (TPSA) is 61.4 Å². The van der Waals surface area contributed by atoms with E-state index >= 15 is 0 Å². The van der Waals surface area contributed by atoms with Gasteiger partial charge in [-0.3, -0.25) is 9.59 Å². The maximum atomic E-state index is 12.4. The lowest BCUT2D eigenvalue weighted by Crippen LogP contribution is -2.40. The number of amides is 2. The molecule has 0 saturated heterocycles. The van der Waals surface area contributed by atoms with Crippen LogP contribution in [0.25, 0.3) is 0 Å². The van der Waals surface area contributed by atoms with Crippen molar-refractivity contribution in [3.8, 4) is 0 Å². The van der Waals surface area contributed by atoms with Gasteiger partial charge in [-0.05, 0) is 44.5 Å². The lowest BCUT2D eigenvalue weighted by molar-refractivity contribution is -0.126. The molecule has 0 saturated carbocycles. The molecule has 0 aliphatic heterocycles. The Kier molecular flexibility index (Phi) is 11.1. The Bertz CT molecular complexity index is 547. The highest BCUT2D eigenvalue weighted by Gasteiger charge is 2.19. The average molecular weight is 370 g/mol. The van der Waals surface area contributed by atoms with E-state index in [1.807, 2.05) is 44.1 Å². The van der Waals surface area contributed by atoms with Gasteiger partial charge in [0.05, 0.1) is 12.5 Å². The van der Waals surface area contributed by atoms with Gasteiger partial charge in [-0.1, -0.05) is 38.1 Å². The number of hydrogen-bond donors (Lipinski definition) is 2. The minimum absolute atomic E-state index is 0. The third-order valence-electron chi connectivity index (χ3n) is 3.85. The fourth-order valence-electron chi connectivity index (χ4n) is 2.53. The first kappa shape index (κ1) is 23.4. The normalized spacial score (nSPS) is 11.8. The Labute approximate surface area is 158 Å². The second-order valence-corrected chi connectivity index (χ2v) is 6.89. The third-order valence-corrected chi connectivity index (χ3v) is 3.85. The van der Waals surface area contributed by atoms with E-state index in [1.54, 1.807) is 0 Å². The first-order valence-corrected chi connectivity index (χ1v) is 8.58. The van der Waals surface area contributed by atoms with Gasteiger partial charge in [0, 0.05) is 13.1 Å². The van der Waals surface area contributed by atoms with E-state index in [4.69, 9.17) is 0 Å². The standard InChI is InChI=1S/C19H31N3O2.ClH/c1-14(2)12-16-8-6-7-9-17(16)15(3)19(24)21-13-18(23)20-10-11-22(4)5;/h6-9,14-15H,10-13H2,1-5H3,(H,20,23)(H,21,24);1H. The van der Waals surface area contributed by atoms with Gasteiger partial charge in [0.15, 0.2) is 0 Å². The summed E-state index contributed by atoms with van der Waals surface area (Å²) >= 11 is 0. The predicted octanol–water partition coefficient (Wildman–Crippen LogP) is 2.20. The smallest absolute Gasteiger partial charge is 0.239 e. The summed E-state index contributed by atoms with van der Waals surface area (Å²) in [5.74, 6) is -0.0137. The van der Waals surface area contributed by atoms with Crippen molar-refractivity contribution in [2.45, 2.75) is 33.1 Å². The van der Waals surface area contributed by atoms with Crippen molar-refractivity contribution < 1.29 is 9.59 Å². The number of likely N-dealkylation sites (N-methyl/N-ethyl adjacent to an activating group) is 1. The number of carbonyl (C=O) groups excluding carboxylic acids is 2. The van der Waals surface area contributed by atoms with E-state index in [9.17, 15) is 9.59 Å². The highest BCUT2D eigenvalue weighted by Crippen LogP contribution is 2.22. The van der Waals surface area contributed by atoms with E-state index in [-0.39, 0.29) is 36.7 Å². The molecule has 0 aliphatic rings. The second kappa shape index (κ2) is 11.9. The number of rotatable bonds is 9. The molecule has 0 bridgehead atoms. The van der Waals surface area contributed by atoms with Gasteiger partial charge in [0.1, 0.15) is 0 Å². The van der Waals surface area contributed by atoms with E-state index in [0.717, 1.165) is 18.5 Å². The van der Waals surface area contributed by atoms with Crippen molar-refractivity contribution in [2.75, 3.05) is 33.7 Å². The number of halogens is 1. The number of hydrogen-bond acceptors (Lipinski definition) is 3. The van der Waals surface area contributed by atoms with E-state index in [0.29, 0.717) is 12.5 Å². The summed E-state index contributed by atoms with van der Waals surface area (Å²) in [6, 6.07) is 8.03. The summed E-state index contributed by atoms with van der Waals surface area (Å²) in [4.78, 5) is 26.1. The molecule has 2 amide bonds. The molecule has 2 N–H and O–H groups in total. The molecule has 1 aromatic carbocycles. The van der Waals surface area contributed by atoms with Gasteiger partial charge in [0.2, 0.25) is 11.8 Å². The van der Waals surface area contributed by atoms with Crippen LogP contribution in [0.3, 0.4) is 0 Å². The molecule has 6 heteroatoms. The van der Waals surface area contributed by atoms with Crippen LogP contribution in [-0.4, -0.2) is 50.4 Å². The molecular formula is C19H32ClN3O2. The summed E-state index contributed by atoms with van der Waals surface area (Å²) in [6.45, 7) is 7.59. The van der Waals surface area contributed by atoms with Crippen LogP contribution in [0.15, 0.2) is 24.3 Å². The largest absolute Gasteiger partial charge is 0.353 e. The molecule has 0 fully saturated rings. The summed E-state index contributed by atoms with van der Waals surface area (Å²) < 4.78 is 0. The van der Waals surface area contributed by atoms with Crippen LogP contribution < -0.4 is 10.6 Å². The molecule has 1 aromatic rings. The van der Waals surface area contributed by atoms with Crippen LogP contribution in [0.2, 0.25) is 0 Å². The van der Waals surface area contributed by atoms with E-state index in [1.165, 1.54) is 5.56 Å². The minimum Gasteiger partial charge on any atom is -0.353 e.